The third kappa shape index (κ3) is 3.65. The van der Waals surface area contributed by atoms with Crippen molar-refractivity contribution in [3.05, 3.63) is 66.7 Å². The van der Waals surface area contributed by atoms with Crippen molar-refractivity contribution in [3.63, 3.8) is 0 Å². The molecule has 6 nitrogen and oxygen atoms in total. The summed E-state index contributed by atoms with van der Waals surface area (Å²) >= 11 is 1.55. The maximum atomic E-state index is 12.2. The first-order chi connectivity index (χ1) is 13.6. The number of hydrogen-bond acceptors (Lipinski definition) is 6. The standard InChI is InChI=1S/C21H19N5OS/c1-26(2)18-13-12-17(28-18)24-25-21-19(14-8-4-3-5-9-14)22-20(23-21)15-10-6-7-11-16(15)27/h3-13,27H,1-2H3,(H,22,23)/p-1/b25-24+. The van der Waals surface area contributed by atoms with Crippen molar-refractivity contribution in [3.8, 4) is 28.4 Å². The second kappa shape index (κ2) is 7.66. The van der Waals surface area contributed by atoms with E-state index in [0.717, 1.165) is 21.3 Å². The molecule has 4 rings (SSSR count). The van der Waals surface area contributed by atoms with Gasteiger partial charge in [0.05, 0.1) is 10.7 Å². The Bertz CT molecular complexity index is 1110. The lowest BCUT2D eigenvalue weighted by Gasteiger charge is -2.09. The molecule has 4 aromatic rings. The molecule has 2 aromatic carbocycles. The molecule has 0 bridgehead atoms. The van der Waals surface area contributed by atoms with E-state index in [4.69, 9.17) is 0 Å². The maximum absolute atomic E-state index is 12.2. The lowest BCUT2D eigenvalue weighted by Crippen LogP contribution is -2.05. The van der Waals surface area contributed by atoms with Crippen molar-refractivity contribution in [1.29, 1.82) is 0 Å². The molecule has 0 spiro atoms. The molecule has 1 N–H and O–H groups in total. The van der Waals surface area contributed by atoms with Crippen LogP contribution in [0, 0.1) is 0 Å². The van der Waals surface area contributed by atoms with Crippen LogP contribution in [0.15, 0.2) is 77.0 Å². The van der Waals surface area contributed by atoms with E-state index in [0.29, 0.717) is 17.2 Å². The van der Waals surface area contributed by atoms with Gasteiger partial charge in [0.15, 0.2) is 0 Å². The first-order valence-corrected chi connectivity index (χ1v) is 9.54. The molecule has 140 valence electrons. The molecule has 7 heteroatoms. The van der Waals surface area contributed by atoms with E-state index in [9.17, 15) is 5.11 Å². The van der Waals surface area contributed by atoms with Crippen molar-refractivity contribution in [2.45, 2.75) is 0 Å². The van der Waals surface area contributed by atoms with E-state index in [1.165, 1.54) is 6.07 Å². The minimum Gasteiger partial charge on any atom is -0.872 e. The van der Waals surface area contributed by atoms with Crippen LogP contribution in [0.3, 0.4) is 0 Å². The average molecular weight is 388 g/mol. The van der Waals surface area contributed by atoms with Gasteiger partial charge in [-0.1, -0.05) is 71.7 Å². The molecule has 0 amide bonds. The molecule has 0 unspecified atom stereocenters. The molecule has 0 radical (unpaired) electrons. The van der Waals surface area contributed by atoms with Crippen LogP contribution in [0.25, 0.3) is 22.6 Å². The summed E-state index contributed by atoms with van der Waals surface area (Å²) in [7, 11) is 3.97. The third-order valence-electron chi connectivity index (χ3n) is 4.15. The normalized spacial score (nSPS) is 11.2. The minimum atomic E-state index is -0.0896. The van der Waals surface area contributed by atoms with Crippen molar-refractivity contribution >= 4 is 27.2 Å². The van der Waals surface area contributed by atoms with Gasteiger partial charge >= 0.3 is 0 Å². The highest BCUT2D eigenvalue weighted by molar-refractivity contribution is 7.19. The van der Waals surface area contributed by atoms with Crippen molar-refractivity contribution in [2.75, 3.05) is 19.0 Å². The zero-order valence-electron chi connectivity index (χ0n) is 15.5. The van der Waals surface area contributed by atoms with Crippen molar-refractivity contribution < 1.29 is 5.11 Å². The van der Waals surface area contributed by atoms with Gasteiger partial charge in [-0.15, -0.1) is 10.2 Å². The van der Waals surface area contributed by atoms with E-state index in [-0.39, 0.29) is 5.75 Å². The smallest absolute Gasteiger partial charge is 0.200 e. The second-order valence-electron chi connectivity index (χ2n) is 6.35. The van der Waals surface area contributed by atoms with Gasteiger partial charge in [0.2, 0.25) is 5.82 Å². The molecular formula is C21H18N5OS-. The lowest BCUT2D eigenvalue weighted by molar-refractivity contribution is -0.267. The quantitative estimate of drug-likeness (QED) is 0.467. The number of H-pyrrole nitrogens is 1. The van der Waals surface area contributed by atoms with E-state index in [1.807, 2.05) is 67.5 Å². The zero-order chi connectivity index (χ0) is 19.5. The number of nitrogens with one attached hydrogen (secondary N) is 1. The van der Waals surface area contributed by atoms with Crippen LogP contribution < -0.4 is 10.0 Å². The SMILES string of the molecule is CN(C)c1ccc(/N=N/c2nc(-c3ccccc3[O-])[nH]c2-c2ccccc2)s1. The zero-order valence-corrected chi connectivity index (χ0v) is 16.3. The first kappa shape index (κ1) is 17.9. The molecule has 0 saturated carbocycles. The number of rotatable bonds is 5. The van der Waals surface area contributed by atoms with Crippen LogP contribution >= 0.6 is 11.3 Å². The Morgan fingerprint density at radius 2 is 1.68 bits per heavy atom. The van der Waals surface area contributed by atoms with Gasteiger partial charge in [-0.2, -0.15) is 0 Å². The average Bonchev–Trinajstić information content (AvgIpc) is 3.35. The highest BCUT2D eigenvalue weighted by atomic mass is 32.1. The van der Waals surface area contributed by atoms with Gasteiger partial charge in [0.25, 0.3) is 0 Å². The number of nitrogens with zero attached hydrogens (tertiary/aromatic N) is 4. The van der Waals surface area contributed by atoms with E-state index in [1.54, 1.807) is 23.5 Å². The fourth-order valence-corrected chi connectivity index (χ4v) is 3.49. The van der Waals surface area contributed by atoms with Gasteiger partial charge in [-0.25, -0.2) is 4.98 Å². The Morgan fingerprint density at radius 3 is 2.39 bits per heavy atom. The van der Waals surface area contributed by atoms with Crippen LogP contribution in [0.5, 0.6) is 5.75 Å². The van der Waals surface area contributed by atoms with Crippen LogP contribution in [0.2, 0.25) is 0 Å². The van der Waals surface area contributed by atoms with Crippen LogP contribution in [0.1, 0.15) is 0 Å². The minimum absolute atomic E-state index is 0.0896. The number of thiophene rings is 1. The molecule has 2 heterocycles. The number of para-hydroxylation sites is 1. The van der Waals surface area contributed by atoms with E-state index in [2.05, 4.69) is 20.2 Å². The van der Waals surface area contributed by atoms with Crippen LogP contribution in [-0.4, -0.2) is 24.1 Å². The molecule has 2 aromatic heterocycles. The number of aromatic nitrogens is 2. The van der Waals surface area contributed by atoms with Crippen molar-refractivity contribution in [2.24, 2.45) is 10.2 Å². The van der Waals surface area contributed by atoms with Gasteiger partial charge in [0.1, 0.15) is 10.8 Å². The lowest BCUT2D eigenvalue weighted by atomic mass is 10.1. The maximum Gasteiger partial charge on any atom is 0.200 e. The predicted molar refractivity (Wildman–Crippen MR) is 112 cm³/mol. The molecule has 28 heavy (non-hydrogen) atoms. The fourth-order valence-electron chi connectivity index (χ4n) is 2.74. The summed E-state index contributed by atoms with van der Waals surface area (Å²) in [5, 5.41) is 22.8. The molecule has 0 aliphatic rings. The van der Waals surface area contributed by atoms with E-state index < -0.39 is 0 Å². The summed E-state index contributed by atoms with van der Waals surface area (Å²) in [6, 6.07) is 20.5. The highest BCUT2D eigenvalue weighted by Gasteiger charge is 2.14. The number of aromatic amines is 1. The Hall–Kier alpha value is -3.45. The molecular weight excluding hydrogens is 370 g/mol. The van der Waals surface area contributed by atoms with Crippen LogP contribution in [-0.2, 0) is 0 Å². The fraction of sp³-hybridized carbons (Fsp3) is 0.0952. The first-order valence-electron chi connectivity index (χ1n) is 8.72. The summed E-state index contributed by atoms with van der Waals surface area (Å²) in [4.78, 5) is 9.82. The number of benzene rings is 2. The van der Waals surface area contributed by atoms with E-state index >= 15 is 0 Å². The molecule has 0 aliphatic carbocycles. The topological polar surface area (TPSA) is 79.7 Å². The molecule has 0 aliphatic heterocycles. The Balaban J connectivity index is 1.76. The van der Waals surface area contributed by atoms with Crippen LogP contribution in [0.4, 0.5) is 15.8 Å². The number of imidazole rings is 1. The van der Waals surface area contributed by atoms with Gasteiger partial charge in [-0.3, -0.25) is 0 Å². The van der Waals surface area contributed by atoms with Gasteiger partial charge in [0, 0.05) is 25.2 Å². The Morgan fingerprint density at radius 1 is 0.929 bits per heavy atom. The number of hydrogen-bond donors (Lipinski definition) is 1. The monoisotopic (exact) mass is 388 g/mol. The summed E-state index contributed by atoms with van der Waals surface area (Å²) in [6.07, 6.45) is 0. The largest absolute Gasteiger partial charge is 0.872 e. The number of anilines is 1. The third-order valence-corrected chi connectivity index (χ3v) is 5.29. The summed E-state index contributed by atoms with van der Waals surface area (Å²) in [5.41, 5.74) is 2.16. The molecule has 0 saturated heterocycles. The summed E-state index contributed by atoms with van der Waals surface area (Å²) < 4.78 is 0. The number of azo groups is 1. The Labute approximate surface area is 166 Å². The van der Waals surface area contributed by atoms with Gasteiger partial charge in [-0.05, 0) is 12.1 Å². The van der Waals surface area contributed by atoms with Gasteiger partial charge < -0.3 is 15.0 Å². The van der Waals surface area contributed by atoms with Crippen molar-refractivity contribution in [1.82, 2.24) is 9.97 Å². The summed E-state index contributed by atoms with van der Waals surface area (Å²) in [5.74, 6) is 0.844. The Kier molecular flexibility index (Phi) is 4.90. The highest BCUT2D eigenvalue weighted by Crippen LogP contribution is 2.36. The predicted octanol–water partition coefficient (Wildman–Crippen LogP) is 5.36. The molecule has 0 fully saturated rings. The second-order valence-corrected chi connectivity index (χ2v) is 7.39. The summed E-state index contributed by atoms with van der Waals surface area (Å²) in [6.45, 7) is 0. The molecule has 0 atom stereocenters.